The first-order valence-corrected chi connectivity index (χ1v) is 10.3. The third kappa shape index (κ3) is 5.59. The first kappa shape index (κ1) is 20.0. The van der Waals surface area contributed by atoms with E-state index in [1.807, 2.05) is 7.05 Å². The Morgan fingerprint density at radius 3 is 2.78 bits per heavy atom. The number of nitrogens with zero attached hydrogens (tertiary/aromatic N) is 3. The maximum Gasteiger partial charge on any atom is 0.191 e. The Kier molecular flexibility index (Phi) is 7.35. The molecule has 0 aliphatic carbocycles. The molecule has 1 fully saturated rings. The quantitative estimate of drug-likeness (QED) is 0.558. The Balaban J connectivity index is 1.37. The highest BCUT2D eigenvalue weighted by atomic mass is 16.5. The topological polar surface area (TPSA) is 52.1 Å². The Hall–Kier alpha value is -1.79. The van der Waals surface area contributed by atoms with Crippen molar-refractivity contribution in [2.24, 2.45) is 4.99 Å². The summed E-state index contributed by atoms with van der Waals surface area (Å²) < 4.78 is 5.58. The minimum absolute atomic E-state index is 0.513. The number of nitrogens with one attached hydrogen (secondary N) is 2. The molecule has 1 unspecified atom stereocenters. The summed E-state index contributed by atoms with van der Waals surface area (Å²) in [6.07, 6.45) is 2.02. The van der Waals surface area contributed by atoms with Crippen molar-refractivity contribution < 1.29 is 4.74 Å². The first-order chi connectivity index (χ1) is 13.2. The van der Waals surface area contributed by atoms with Crippen molar-refractivity contribution in [2.45, 2.75) is 32.7 Å². The monoisotopic (exact) mass is 373 g/mol. The fourth-order valence-corrected chi connectivity index (χ4v) is 3.84. The van der Waals surface area contributed by atoms with Crippen molar-refractivity contribution in [3.63, 3.8) is 0 Å². The average Bonchev–Trinajstić information content (AvgIpc) is 3.18. The van der Waals surface area contributed by atoms with Crippen LogP contribution >= 0.6 is 0 Å². The van der Waals surface area contributed by atoms with Gasteiger partial charge in [-0.1, -0.05) is 19.1 Å². The van der Waals surface area contributed by atoms with Crippen molar-refractivity contribution >= 4 is 5.96 Å². The summed E-state index contributed by atoms with van der Waals surface area (Å²) >= 11 is 0. The molecule has 2 aliphatic rings. The first-order valence-electron chi connectivity index (χ1n) is 10.3. The number of ether oxygens (including phenoxy) is 1. The highest BCUT2D eigenvalue weighted by Gasteiger charge is 2.20. The van der Waals surface area contributed by atoms with Crippen LogP contribution < -0.4 is 15.4 Å². The number of hydrogen-bond donors (Lipinski definition) is 2. The van der Waals surface area contributed by atoms with Gasteiger partial charge in [0.15, 0.2) is 5.96 Å². The second-order valence-corrected chi connectivity index (χ2v) is 7.49. The summed E-state index contributed by atoms with van der Waals surface area (Å²) in [5.74, 6) is 1.94. The van der Waals surface area contributed by atoms with Gasteiger partial charge in [-0.05, 0) is 37.1 Å². The predicted octanol–water partition coefficient (Wildman–Crippen LogP) is 1.36. The Morgan fingerprint density at radius 1 is 1.22 bits per heavy atom. The van der Waals surface area contributed by atoms with Crippen LogP contribution in [0.1, 0.15) is 25.0 Å². The van der Waals surface area contributed by atoms with E-state index in [1.165, 1.54) is 24.2 Å². The van der Waals surface area contributed by atoms with Gasteiger partial charge in [0.2, 0.25) is 0 Å². The molecule has 0 bridgehead atoms. The van der Waals surface area contributed by atoms with Crippen molar-refractivity contribution in [1.29, 1.82) is 0 Å². The van der Waals surface area contributed by atoms with E-state index in [0.29, 0.717) is 6.04 Å². The molecule has 0 amide bonds. The number of hydrogen-bond acceptors (Lipinski definition) is 4. The molecule has 0 radical (unpaired) electrons. The van der Waals surface area contributed by atoms with E-state index in [1.54, 1.807) is 0 Å². The zero-order valence-electron chi connectivity index (χ0n) is 17.1. The van der Waals surface area contributed by atoms with Gasteiger partial charge in [0.1, 0.15) is 5.75 Å². The summed E-state index contributed by atoms with van der Waals surface area (Å²) in [6.45, 7) is 13.0. The lowest BCUT2D eigenvalue weighted by Gasteiger charge is -2.37. The summed E-state index contributed by atoms with van der Waals surface area (Å²) in [5, 5.41) is 6.92. The summed E-state index contributed by atoms with van der Waals surface area (Å²) in [7, 11) is 1.84. The number of piperazine rings is 1. The van der Waals surface area contributed by atoms with Crippen LogP contribution in [-0.4, -0.2) is 81.3 Å². The molecular formula is C21H35N5O. The highest BCUT2D eigenvalue weighted by Crippen LogP contribution is 2.25. The predicted molar refractivity (Wildman–Crippen MR) is 112 cm³/mol. The fourth-order valence-electron chi connectivity index (χ4n) is 3.84. The second kappa shape index (κ2) is 9.95. The average molecular weight is 374 g/mol. The van der Waals surface area contributed by atoms with Gasteiger partial charge in [-0.15, -0.1) is 0 Å². The van der Waals surface area contributed by atoms with Crippen LogP contribution in [0.15, 0.2) is 23.2 Å². The molecule has 3 rings (SSSR count). The molecule has 2 N–H and O–H groups in total. The number of likely N-dealkylation sites (N-methyl/N-ethyl adjacent to an activating group) is 1. The third-order valence-electron chi connectivity index (χ3n) is 5.73. The molecule has 2 heterocycles. The molecule has 0 spiro atoms. The minimum Gasteiger partial charge on any atom is -0.493 e. The molecule has 27 heavy (non-hydrogen) atoms. The molecule has 2 aliphatic heterocycles. The molecule has 0 saturated carbocycles. The van der Waals surface area contributed by atoms with Gasteiger partial charge in [-0.3, -0.25) is 9.89 Å². The van der Waals surface area contributed by atoms with Gasteiger partial charge in [0, 0.05) is 58.8 Å². The third-order valence-corrected chi connectivity index (χ3v) is 5.73. The van der Waals surface area contributed by atoms with Gasteiger partial charge in [0.25, 0.3) is 0 Å². The van der Waals surface area contributed by atoms with Gasteiger partial charge in [-0.25, -0.2) is 0 Å². The minimum atomic E-state index is 0.513. The lowest BCUT2D eigenvalue weighted by Crippen LogP contribution is -2.53. The largest absolute Gasteiger partial charge is 0.493 e. The smallest absolute Gasteiger partial charge is 0.191 e. The summed E-state index contributed by atoms with van der Waals surface area (Å²) in [5.41, 5.74) is 2.69. The van der Waals surface area contributed by atoms with Crippen molar-refractivity contribution in [3.05, 3.63) is 29.3 Å². The van der Waals surface area contributed by atoms with Crippen LogP contribution in [0.2, 0.25) is 0 Å². The normalized spacial score (nSPS) is 19.4. The van der Waals surface area contributed by atoms with E-state index in [-0.39, 0.29) is 0 Å². The molecule has 0 aromatic heterocycles. The van der Waals surface area contributed by atoms with E-state index >= 15 is 0 Å². The zero-order chi connectivity index (χ0) is 19.1. The van der Waals surface area contributed by atoms with E-state index in [4.69, 9.17) is 4.74 Å². The van der Waals surface area contributed by atoms with Gasteiger partial charge >= 0.3 is 0 Å². The molecule has 1 atom stereocenters. The fraction of sp³-hybridized carbons (Fsp3) is 0.667. The molecule has 1 aromatic carbocycles. The number of aliphatic imine (C=N–C) groups is 1. The molecule has 1 saturated heterocycles. The number of rotatable bonds is 7. The Bertz CT molecular complexity index is 625. The SMILES string of the molecule is CCN1CCN(C(C)CNC(=NC)NCCc2ccc3c(c2)CCO3)CC1. The van der Waals surface area contributed by atoms with Crippen LogP contribution in [-0.2, 0) is 12.8 Å². The second-order valence-electron chi connectivity index (χ2n) is 7.49. The van der Waals surface area contributed by atoms with Gasteiger partial charge in [0.05, 0.1) is 6.61 Å². The lowest BCUT2D eigenvalue weighted by atomic mass is 10.1. The van der Waals surface area contributed by atoms with Crippen LogP contribution in [0.25, 0.3) is 0 Å². The van der Waals surface area contributed by atoms with E-state index in [2.05, 4.69) is 57.5 Å². The van der Waals surface area contributed by atoms with Crippen molar-refractivity contribution in [2.75, 3.05) is 59.5 Å². The number of guanidine groups is 1. The van der Waals surface area contributed by atoms with Crippen LogP contribution in [0, 0.1) is 0 Å². The number of benzene rings is 1. The maximum atomic E-state index is 5.58. The standard InChI is InChI=1S/C21H35N5O/c1-4-25-10-12-26(13-11-25)17(2)16-24-21(22-3)23-9-7-18-5-6-20-19(15-18)8-14-27-20/h5-6,15,17H,4,7-14,16H2,1-3H3,(H2,22,23,24). The summed E-state index contributed by atoms with van der Waals surface area (Å²) in [6, 6.07) is 7.06. The van der Waals surface area contributed by atoms with Crippen molar-refractivity contribution in [1.82, 2.24) is 20.4 Å². The zero-order valence-corrected chi connectivity index (χ0v) is 17.1. The Morgan fingerprint density at radius 2 is 2.04 bits per heavy atom. The molecule has 6 heteroatoms. The van der Waals surface area contributed by atoms with Crippen LogP contribution in [0.5, 0.6) is 5.75 Å². The maximum absolute atomic E-state index is 5.58. The van der Waals surface area contributed by atoms with E-state index in [0.717, 1.165) is 63.9 Å². The van der Waals surface area contributed by atoms with Gasteiger partial charge < -0.3 is 20.3 Å². The summed E-state index contributed by atoms with van der Waals surface area (Å²) in [4.78, 5) is 9.45. The van der Waals surface area contributed by atoms with E-state index in [9.17, 15) is 0 Å². The molecular weight excluding hydrogens is 338 g/mol. The molecule has 150 valence electrons. The Labute approximate surface area is 164 Å². The van der Waals surface area contributed by atoms with Crippen LogP contribution in [0.3, 0.4) is 0 Å². The van der Waals surface area contributed by atoms with Crippen molar-refractivity contribution in [3.8, 4) is 5.75 Å². The molecule has 1 aromatic rings. The van der Waals surface area contributed by atoms with Gasteiger partial charge in [-0.2, -0.15) is 0 Å². The lowest BCUT2D eigenvalue weighted by molar-refractivity contribution is 0.107. The number of fused-ring (bicyclic) bond motifs is 1. The highest BCUT2D eigenvalue weighted by molar-refractivity contribution is 5.79. The van der Waals surface area contributed by atoms with Crippen LogP contribution in [0.4, 0.5) is 0 Å². The molecule has 6 nitrogen and oxygen atoms in total. The van der Waals surface area contributed by atoms with E-state index < -0.39 is 0 Å².